The maximum absolute atomic E-state index is 12.8. The number of hydrogen-bond donors (Lipinski definition) is 1. The highest BCUT2D eigenvalue weighted by Gasteiger charge is 2.20. The van der Waals surface area contributed by atoms with Crippen molar-refractivity contribution in [2.75, 3.05) is 26.4 Å². The van der Waals surface area contributed by atoms with Crippen molar-refractivity contribution in [1.29, 1.82) is 0 Å². The van der Waals surface area contributed by atoms with Gasteiger partial charge in [-0.3, -0.25) is 9.59 Å². The van der Waals surface area contributed by atoms with E-state index in [2.05, 4.69) is 0 Å². The molecule has 0 spiro atoms. The van der Waals surface area contributed by atoms with Crippen LogP contribution in [0.15, 0.2) is 48.5 Å². The molecule has 0 amide bonds. The zero-order valence-electron chi connectivity index (χ0n) is 18.1. The van der Waals surface area contributed by atoms with Crippen LogP contribution >= 0.6 is 11.6 Å². The van der Waals surface area contributed by atoms with Gasteiger partial charge in [-0.05, 0) is 36.8 Å². The number of halogens is 1. The minimum absolute atomic E-state index is 0.0792. The molecule has 0 aliphatic carbocycles. The number of rotatable bonds is 12. The largest absolute Gasteiger partial charge is 0.463 e. The average Bonchev–Trinajstić information content (AvgIpc) is 2.81. The normalized spacial score (nSPS) is 12.6. The zero-order chi connectivity index (χ0) is 23.5. The lowest BCUT2D eigenvalue weighted by molar-refractivity contribution is -0.149. The monoisotopic (exact) mass is 462 g/mol. The molecule has 0 fully saturated rings. The Morgan fingerprint density at radius 3 is 2.25 bits per heavy atom. The predicted octanol–water partition coefficient (Wildman–Crippen LogP) is 3.69. The van der Waals surface area contributed by atoms with Crippen molar-refractivity contribution in [2.45, 2.75) is 26.4 Å². The molecule has 8 heteroatoms. The molecule has 172 valence electrons. The van der Waals surface area contributed by atoms with E-state index in [1.54, 1.807) is 43.3 Å². The number of aliphatic hydroxyl groups is 1. The lowest BCUT2D eigenvalue weighted by Gasteiger charge is -2.14. The second-order valence-electron chi connectivity index (χ2n) is 7.19. The number of esters is 2. The summed E-state index contributed by atoms with van der Waals surface area (Å²) in [7, 11) is 0. The van der Waals surface area contributed by atoms with E-state index in [1.165, 1.54) is 12.1 Å². The first-order valence-corrected chi connectivity index (χ1v) is 10.7. The second kappa shape index (κ2) is 13.0. The van der Waals surface area contributed by atoms with Crippen LogP contribution in [0.25, 0.3) is 0 Å². The van der Waals surface area contributed by atoms with Crippen LogP contribution in [0.2, 0.25) is 5.02 Å². The van der Waals surface area contributed by atoms with Crippen molar-refractivity contribution in [3.63, 3.8) is 0 Å². The van der Waals surface area contributed by atoms with E-state index in [4.69, 9.17) is 25.8 Å². The van der Waals surface area contributed by atoms with Gasteiger partial charge in [0.1, 0.15) is 19.3 Å². The molecule has 0 saturated carbocycles. The molecule has 2 aromatic carbocycles. The van der Waals surface area contributed by atoms with Crippen LogP contribution in [0.1, 0.15) is 46.5 Å². The van der Waals surface area contributed by atoms with Crippen LogP contribution in [0.5, 0.6) is 0 Å². The summed E-state index contributed by atoms with van der Waals surface area (Å²) in [5.41, 5.74) is 0.670. The Labute approximate surface area is 192 Å². The minimum atomic E-state index is -1.07. The fourth-order valence-electron chi connectivity index (χ4n) is 2.64. The van der Waals surface area contributed by atoms with Gasteiger partial charge in [0.05, 0.1) is 24.7 Å². The molecule has 0 heterocycles. The van der Waals surface area contributed by atoms with Gasteiger partial charge in [-0.2, -0.15) is 0 Å². The van der Waals surface area contributed by atoms with E-state index in [0.717, 1.165) is 0 Å². The molecule has 7 nitrogen and oxygen atoms in total. The highest BCUT2D eigenvalue weighted by atomic mass is 35.5. The highest BCUT2D eigenvalue weighted by molar-refractivity contribution is 6.30. The van der Waals surface area contributed by atoms with Gasteiger partial charge >= 0.3 is 11.9 Å². The summed E-state index contributed by atoms with van der Waals surface area (Å²) in [6, 6.07) is 12.6. The van der Waals surface area contributed by atoms with Gasteiger partial charge in [-0.25, -0.2) is 4.79 Å². The molecule has 2 rings (SSSR count). The van der Waals surface area contributed by atoms with Gasteiger partial charge in [0.25, 0.3) is 0 Å². The standard InChI is InChI=1S/C24H27ClO7/c1-3-16(2)23(28)31-13-12-30-14-19(26)15-32-24(29)21-7-5-4-6-20(21)22(27)17-8-10-18(25)11-9-17/h4-11,16,19,26H,3,12-15H2,1-2H3. The van der Waals surface area contributed by atoms with Crippen LogP contribution in [-0.4, -0.2) is 55.4 Å². The summed E-state index contributed by atoms with van der Waals surface area (Å²) in [6.07, 6.45) is -0.374. The van der Waals surface area contributed by atoms with Crippen molar-refractivity contribution < 1.29 is 33.7 Å². The van der Waals surface area contributed by atoms with Crippen LogP contribution < -0.4 is 0 Å². The molecule has 0 radical (unpaired) electrons. The summed E-state index contributed by atoms with van der Waals surface area (Å²) >= 11 is 5.86. The Kier molecular flexibility index (Phi) is 10.3. The van der Waals surface area contributed by atoms with E-state index < -0.39 is 12.1 Å². The number of hydrogen-bond acceptors (Lipinski definition) is 7. The summed E-state index contributed by atoms with van der Waals surface area (Å²) in [5.74, 6) is -1.54. The Morgan fingerprint density at radius 2 is 1.59 bits per heavy atom. The third kappa shape index (κ3) is 7.75. The van der Waals surface area contributed by atoms with E-state index in [0.29, 0.717) is 17.0 Å². The maximum atomic E-state index is 12.8. The number of benzene rings is 2. The molecule has 32 heavy (non-hydrogen) atoms. The van der Waals surface area contributed by atoms with Gasteiger partial charge in [0, 0.05) is 16.1 Å². The molecular weight excluding hydrogens is 436 g/mol. The third-order valence-corrected chi connectivity index (χ3v) is 4.95. The quantitative estimate of drug-likeness (QED) is 0.291. The molecule has 0 saturated heterocycles. The summed E-state index contributed by atoms with van der Waals surface area (Å²) in [4.78, 5) is 36.8. The lowest BCUT2D eigenvalue weighted by Crippen LogP contribution is -2.25. The number of carbonyl (C=O) groups is 3. The molecule has 0 aliphatic heterocycles. The Hall–Kier alpha value is -2.74. The molecule has 2 aromatic rings. The van der Waals surface area contributed by atoms with E-state index >= 15 is 0 Å². The number of ketones is 1. The predicted molar refractivity (Wildman–Crippen MR) is 119 cm³/mol. The molecule has 0 bridgehead atoms. The molecule has 2 unspecified atom stereocenters. The highest BCUT2D eigenvalue weighted by Crippen LogP contribution is 2.18. The van der Waals surface area contributed by atoms with E-state index in [-0.39, 0.29) is 55.2 Å². The summed E-state index contributed by atoms with van der Waals surface area (Å²) in [6.45, 7) is 3.46. The van der Waals surface area contributed by atoms with Crippen molar-refractivity contribution in [3.8, 4) is 0 Å². The smallest absolute Gasteiger partial charge is 0.338 e. The van der Waals surface area contributed by atoms with Gasteiger partial charge in [0.15, 0.2) is 5.78 Å². The Morgan fingerprint density at radius 1 is 0.938 bits per heavy atom. The molecular formula is C24H27ClO7. The first-order chi connectivity index (χ1) is 15.3. The molecule has 0 aromatic heterocycles. The molecule has 2 atom stereocenters. The van der Waals surface area contributed by atoms with Crippen LogP contribution in [0.4, 0.5) is 0 Å². The first-order valence-electron chi connectivity index (χ1n) is 10.3. The van der Waals surface area contributed by atoms with Crippen LogP contribution in [0.3, 0.4) is 0 Å². The third-order valence-electron chi connectivity index (χ3n) is 4.70. The number of aliphatic hydroxyl groups excluding tert-OH is 1. The van der Waals surface area contributed by atoms with E-state index in [9.17, 15) is 19.5 Å². The zero-order valence-corrected chi connectivity index (χ0v) is 18.8. The van der Waals surface area contributed by atoms with E-state index in [1.807, 2.05) is 6.92 Å². The molecule has 1 N–H and O–H groups in total. The molecule has 0 aliphatic rings. The average molecular weight is 463 g/mol. The second-order valence-corrected chi connectivity index (χ2v) is 7.62. The number of ether oxygens (including phenoxy) is 3. The fraction of sp³-hybridized carbons (Fsp3) is 0.375. The van der Waals surface area contributed by atoms with Gasteiger partial charge in [0.2, 0.25) is 0 Å². The van der Waals surface area contributed by atoms with Crippen molar-refractivity contribution in [1.82, 2.24) is 0 Å². The van der Waals surface area contributed by atoms with Gasteiger partial charge < -0.3 is 19.3 Å². The SMILES string of the molecule is CCC(C)C(=O)OCCOCC(O)COC(=O)c1ccccc1C(=O)c1ccc(Cl)cc1. The summed E-state index contributed by atoms with van der Waals surface area (Å²) in [5, 5.41) is 10.5. The lowest BCUT2D eigenvalue weighted by atomic mass is 9.98. The van der Waals surface area contributed by atoms with Gasteiger partial charge in [-0.15, -0.1) is 0 Å². The van der Waals surface area contributed by atoms with Gasteiger partial charge in [-0.1, -0.05) is 43.6 Å². The Balaban J connectivity index is 1.82. The maximum Gasteiger partial charge on any atom is 0.338 e. The van der Waals surface area contributed by atoms with Crippen molar-refractivity contribution in [2.24, 2.45) is 5.92 Å². The van der Waals surface area contributed by atoms with Crippen LogP contribution in [0, 0.1) is 5.92 Å². The van der Waals surface area contributed by atoms with Crippen molar-refractivity contribution in [3.05, 3.63) is 70.2 Å². The van der Waals surface area contributed by atoms with Crippen molar-refractivity contribution >= 4 is 29.3 Å². The fourth-order valence-corrected chi connectivity index (χ4v) is 2.77. The van der Waals surface area contributed by atoms with Crippen LogP contribution in [-0.2, 0) is 19.0 Å². The minimum Gasteiger partial charge on any atom is -0.463 e. The summed E-state index contributed by atoms with van der Waals surface area (Å²) < 4.78 is 15.4. The topological polar surface area (TPSA) is 99.1 Å². The number of carbonyl (C=O) groups excluding carboxylic acids is 3. The first kappa shape index (κ1) is 25.5. The Bertz CT molecular complexity index is 911.